The van der Waals surface area contributed by atoms with Crippen LogP contribution >= 0.6 is 0 Å². The fraction of sp³-hybridized carbons (Fsp3) is 0.688. The number of pyridine rings is 1. The van der Waals surface area contributed by atoms with E-state index < -0.39 is 0 Å². The van der Waals surface area contributed by atoms with Crippen LogP contribution in [0.1, 0.15) is 49.9 Å². The van der Waals surface area contributed by atoms with Crippen LogP contribution in [0.15, 0.2) is 18.2 Å². The van der Waals surface area contributed by atoms with Crippen LogP contribution in [0.5, 0.6) is 0 Å². The smallest absolute Gasteiger partial charge is 0.0547 e. The molecule has 19 heavy (non-hydrogen) atoms. The molecule has 2 aliphatic carbocycles. The Morgan fingerprint density at radius 2 is 1.89 bits per heavy atom. The summed E-state index contributed by atoms with van der Waals surface area (Å²) < 4.78 is 0. The largest absolute Gasteiger partial charge is 0.308 e. The molecule has 0 saturated heterocycles. The second-order valence-electron chi connectivity index (χ2n) is 6.13. The fourth-order valence-electron chi connectivity index (χ4n) is 2.98. The monoisotopic (exact) mass is 259 g/mol. The van der Waals surface area contributed by atoms with Gasteiger partial charge in [-0.3, -0.25) is 9.88 Å². The summed E-state index contributed by atoms with van der Waals surface area (Å²) in [7, 11) is 2.24. The van der Waals surface area contributed by atoms with Gasteiger partial charge >= 0.3 is 0 Å². The van der Waals surface area contributed by atoms with Crippen LogP contribution in [0.3, 0.4) is 0 Å². The Labute approximate surface area is 116 Å². The summed E-state index contributed by atoms with van der Waals surface area (Å²) in [5, 5.41) is 3.53. The molecule has 0 amide bonds. The van der Waals surface area contributed by atoms with Gasteiger partial charge in [0.15, 0.2) is 0 Å². The number of nitrogens with one attached hydrogen (secondary N) is 1. The molecular weight excluding hydrogens is 234 g/mol. The van der Waals surface area contributed by atoms with Gasteiger partial charge in [0, 0.05) is 25.2 Å². The molecule has 1 N–H and O–H groups in total. The summed E-state index contributed by atoms with van der Waals surface area (Å²) >= 11 is 0. The molecule has 0 aliphatic heterocycles. The van der Waals surface area contributed by atoms with Crippen molar-refractivity contribution in [2.24, 2.45) is 0 Å². The maximum absolute atomic E-state index is 4.78. The second-order valence-corrected chi connectivity index (χ2v) is 6.13. The van der Waals surface area contributed by atoms with Crippen molar-refractivity contribution in [3.63, 3.8) is 0 Å². The van der Waals surface area contributed by atoms with E-state index in [0.717, 1.165) is 25.2 Å². The maximum atomic E-state index is 4.78. The number of aromatic nitrogens is 1. The van der Waals surface area contributed by atoms with Gasteiger partial charge in [0.05, 0.1) is 11.4 Å². The van der Waals surface area contributed by atoms with E-state index in [1.54, 1.807) is 0 Å². The number of nitrogens with zero attached hydrogens (tertiary/aromatic N) is 2. The first-order valence-corrected chi connectivity index (χ1v) is 7.70. The van der Waals surface area contributed by atoms with Gasteiger partial charge in [0.25, 0.3) is 0 Å². The van der Waals surface area contributed by atoms with Crippen molar-refractivity contribution in [3.8, 4) is 0 Å². The Morgan fingerprint density at radius 3 is 2.63 bits per heavy atom. The molecule has 3 rings (SSSR count). The van der Waals surface area contributed by atoms with E-state index in [1.165, 1.54) is 49.9 Å². The highest BCUT2D eigenvalue weighted by molar-refractivity contribution is 5.11. The predicted molar refractivity (Wildman–Crippen MR) is 77.8 cm³/mol. The highest BCUT2D eigenvalue weighted by Crippen LogP contribution is 2.23. The Kier molecular flexibility index (Phi) is 4.14. The van der Waals surface area contributed by atoms with Crippen LogP contribution in [0, 0.1) is 0 Å². The normalized spacial score (nSPS) is 20.3. The third-order valence-electron chi connectivity index (χ3n) is 4.37. The molecule has 1 aromatic rings. The van der Waals surface area contributed by atoms with Gasteiger partial charge < -0.3 is 5.32 Å². The lowest BCUT2D eigenvalue weighted by atomic mass is 10.2. The minimum absolute atomic E-state index is 0.756. The number of rotatable bonds is 6. The molecule has 0 spiro atoms. The molecule has 3 nitrogen and oxygen atoms in total. The van der Waals surface area contributed by atoms with Gasteiger partial charge in [-0.25, -0.2) is 0 Å². The molecule has 0 aromatic carbocycles. The highest BCUT2D eigenvalue weighted by atomic mass is 15.1. The molecule has 2 saturated carbocycles. The lowest BCUT2D eigenvalue weighted by Gasteiger charge is -2.23. The Balaban J connectivity index is 1.55. The summed E-state index contributed by atoms with van der Waals surface area (Å²) in [6.07, 6.45) is 8.19. The zero-order valence-electron chi connectivity index (χ0n) is 11.9. The van der Waals surface area contributed by atoms with E-state index in [2.05, 4.69) is 35.5 Å². The van der Waals surface area contributed by atoms with Crippen molar-refractivity contribution in [2.75, 3.05) is 7.05 Å². The Hall–Kier alpha value is -0.930. The molecule has 1 heterocycles. The van der Waals surface area contributed by atoms with Crippen LogP contribution in [0.25, 0.3) is 0 Å². The van der Waals surface area contributed by atoms with Crippen molar-refractivity contribution < 1.29 is 0 Å². The van der Waals surface area contributed by atoms with Crippen molar-refractivity contribution in [2.45, 2.75) is 63.7 Å². The van der Waals surface area contributed by atoms with Crippen LogP contribution in [-0.4, -0.2) is 29.0 Å². The zero-order chi connectivity index (χ0) is 13.1. The van der Waals surface area contributed by atoms with Crippen LogP contribution in [0.4, 0.5) is 0 Å². The molecule has 104 valence electrons. The molecule has 3 heteroatoms. The van der Waals surface area contributed by atoms with Crippen LogP contribution < -0.4 is 5.32 Å². The summed E-state index contributed by atoms with van der Waals surface area (Å²) in [5.41, 5.74) is 2.40. The summed E-state index contributed by atoms with van der Waals surface area (Å²) in [4.78, 5) is 7.26. The molecular formula is C16H25N3. The minimum Gasteiger partial charge on any atom is -0.308 e. The van der Waals surface area contributed by atoms with E-state index in [4.69, 9.17) is 4.98 Å². The van der Waals surface area contributed by atoms with Crippen molar-refractivity contribution >= 4 is 0 Å². The van der Waals surface area contributed by atoms with Gasteiger partial charge in [0.2, 0.25) is 0 Å². The van der Waals surface area contributed by atoms with Gasteiger partial charge in [-0.05, 0) is 44.9 Å². The van der Waals surface area contributed by atoms with Gasteiger partial charge in [-0.2, -0.15) is 0 Å². The fourth-order valence-corrected chi connectivity index (χ4v) is 2.98. The summed E-state index contributed by atoms with van der Waals surface area (Å²) in [6, 6.07) is 7.97. The quantitative estimate of drug-likeness (QED) is 0.851. The highest BCUT2D eigenvalue weighted by Gasteiger charge is 2.21. The third-order valence-corrected chi connectivity index (χ3v) is 4.37. The van der Waals surface area contributed by atoms with E-state index in [-0.39, 0.29) is 0 Å². The molecule has 0 unspecified atom stereocenters. The molecule has 2 fully saturated rings. The molecule has 2 aliphatic rings. The van der Waals surface area contributed by atoms with Crippen molar-refractivity contribution in [3.05, 3.63) is 29.6 Å². The average Bonchev–Trinajstić information content (AvgIpc) is 3.08. The van der Waals surface area contributed by atoms with Gasteiger partial charge in [-0.1, -0.05) is 18.9 Å². The Morgan fingerprint density at radius 1 is 1.16 bits per heavy atom. The first-order valence-electron chi connectivity index (χ1n) is 7.70. The molecule has 1 aromatic heterocycles. The van der Waals surface area contributed by atoms with E-state index in [1.807, 2.05) is 0 Å². The van der Waals surface area contributed by atoms with Crippen LogP contribution in [-0.2, 0) is 13.1 Å². The van der Waals surface area contributed by atoms with E-state index in [0.29, 0.717) is 0 Å². The topological polar surface area (TPSA) is 28.2 Å². The molecule has 0 atom stereocenters. The second kappa shape index (κ2) is 6.02. The standard InChI is InChI=1S/C16H25N3/c1-19(16-7-2-3-8-16)12-15-6-4-5-14(18-15)11-17-13-9-10-13/h4-6,13,16-17H,2-3,7-12H2,1H3. The minimum atomic E-state index is 0.756. The number of hydrogen-bond donors (Lipinski definition) is 1. The molecule has 0 bridgehead atoms. The SMILES string of the molecule is CN(Cc1cccc(CNC2CC2)n1)C1CCCC1. The summed E-state index contributed by atoms with van der Waals surface area (Å²) in [5.74, 6) is 0. The first-order chi connectivity index (χ1) is 9.31. The van der Waals surface area contributed by atoms with Gasteiger partial charge in [0.1, 0.15) is 0 Å². The average molecular weight is 259 g/mol. The van der Waals surface area contributed by atoms with Gasteiger partial charge in [-0.15, -0.1) is 0 Å². The predicted octanol–water partition coefficient (Wildman–Crippen LogP) is 2.71. The van der Waals surface area contributed by atoms with Crippen molar-refractivity contribution in [1.82, 2.24) is 15.2 Å². The third kappa shape index (κ3) is 3.77. The Bertz CT molecular complexity index is 408. The lowest BCUT2D eigenvalue weighted by Crippen LogP contribution is -2.29. The zero-order valence-corrected chi connectivity index (χ0v) is 11.9. The first kappa shape index (κ1) is 13.1. The van der Waals surface area contributed by atoms with Crippen LogP contribution in [0.2, 0.25) is 0 Å². The van der Waals surface area contributed by atoms with E-state index >= 15 is 0 Å². The maximum Gasteiger partial charge on any atom is 0.0547 e. The molecule has 0 radical (unpaired) electrons. The van der Waals surface area contributed by atoms with Crippen molar-refractivity contribution in [1.29, 1.82) is 0 Å². The summed E-state index contributed by atoms with van der Waals surface area (Å²) in [6.45, 7) is 1.91. The van der Waals surface area contributed by atoms with E-state index in [9.17, 15) is 0 Å². The lowest BCUT2D eigenvalue weighted by molar-refractivity contribution is 0.234. The number of hydrogen-bond acceptors (Lipinski definition) is 3.